The summed E-state index contributed by atoms with van der Waals surface area (Å²) in [7, 11) is 1.59. The number of carbonyl (C=O) groups excluding carboxylic acids is 1. The van der Waals surface area contributed by atoms with Gasteiger partial charge in [0.2, 0.25) is 0 Å². The maximum absolute atomic E-state index is 10.7. The van der Waals surface area contributed by atoms with Crippen molar-refractivity contribution < 1.29 is 9.53 Å². The lowest BCUT2D eigenvalue weighted by molar-refractivity contribution is 0.112. The van der Waals surface area contributed by atoms with Crippen molar-refractivity contribution >= 4 is 29.2 Å². The molecule has 0 radical (unpaired) electrons. The van der Waals surface area contributed by atoms with Crippen molar-refractivity contribution in [2.45, 2.75) is 6.92 Å². The molecule has 0 aliphatic carbocycles. The number of halogens is 1. The van der Waals surface area contributed by atoms with Crippen LogP contribution in [-0.2, 0) is 0 Å². The molecule has 3 nitrogen and oxygen atoms in total. The first-order valence-corrected chi connectivity index (χ1v) is 6.11. The molecule has 0 amide bonds. The fourth-order valence-corrected chi connectivity index (χ4v) is 2.54. The standard InChI is InChI=1S/C12H10ClNO2S/c1-7-12(14-11(6-15)17-7)9-4-3-8(16-2)5-10(9)13/h3-6H,1-2H3. The van der Waals surface area contributed by atoms with Crippen LogP contribution < -0.4 is 4.74 Å². The summed E-state index contributed by atoms with van der Waals surface area (Å²) in [5.74, 6) is 0.697. The van der Waals surface area contributed by atoms with Gasteiger partial charge in [0.15, 0.2) is 11.3 Å². The molecule has 0 fully saturated rings. The Balaban J connectivity index is 2.52. The Labute approximate surface area is 108 Å². The van der Waals surface area contributed by atoms with Crippen LogP contribution in [-0.4, -0.2) is 18.4 Å². The third kappa shape index (κ3) is 2.33. The van der Waals surface area contributed by atoms with E-state index in [1.807, 2.05) is 19.1 Å². The van der Waals surface area contributed by atoms with Crippen LogP contribution >= 0.6 is 22.9 Å². The van der Waals surface area contributed by atoms with Crippen LogP contribution in [0.1, 0.15) is 14.7 Å². The molecule has 5 heteroatoms. The van der Waals surface area contributed by atoms with Crippen LogP contribution in [0.2, 0.25) is 5.02 Å². The zero-order valence-electron chi connectivity index (χ0n) is 9.36. The van der Waals surface area contributed by atoms with Gasteiger partial charge >= 0.3 is 0 Å². The van der Waals surface area contributed by atoms with Crippen molar-refractivity contribution in [3.8, 4) is 17.0 Å². The highest BCUT2D eigenvalue weighted by Gasteiger charge is 2.12. The zero-order chi connectivity index (χ0) is 12.4. The Kier molecular flexibility index (Phi) is 3.45. The van der Waals surface area contributed by atoms with E-state index in [9.17, 15) is 4.79 Å². The molecule has 2 aromatic rings. The van der Waals surface area contributed by atoms with Gasteiger partial charge in [0, 0.05) is 10.4 Å². The maximum atomic E-state index is 10.7. The molecule has 0 N–H and O–H groups in total. The minimum absolute atomic E-state index is 0.462. The molecule has 1 aromatic heterocycles. The number of nitrogens with zero attached hydrogens (tertiary/aromatic N) is 1. The van der Waals surface area contributed by atoms with Crippen molar-refractivity contribution in [3.63, 3.8) is 0 Å². The molecule has 0 unspecified atom stereocenters. The Morgan fingerprint density at radius 3 is 2.76 bits per heavy atom. The number of aryl methyl sites for hydroxylation is 1. The molecule has 0 saturated carbocycles. The van der Waals surface area contributed by atoms with Crippen molar-refractivity contribution in [2.75, 3.05) is 7.11 Å². The van der Waals surface area contributed by atoms with Gasteiger partial charge in [0.05, 0.1) is 17.8 Å². The van der Waals surface area contributed by atoms with Crippen molar-refractivity contribution in [2.24, 2.45) is 0 Å². The van der Waals surface area contributed by atoms with Crippen LogP contribution in [0.5, 0.6) is 5.75 Å². The Bertz CT molecular complexity index is 566. The molecule has 0 aliphatic heterocycles. The Morgan fingerprint density at radius 2 is 2.24 bits per heavy atom. The van der Waals surface area contributed by atoms with Gasteiger partial charge in [-0.15, -0.1) is 11.3 Å². The third-order valence-corrected chi connectivity index (χ3v) is 3.55. The SMILES string of the molecule is COc1ccc(-c2nc(C=O)sc2C)c(Cl)c1. The summed E-state index contributed by atoms with van der Waals surface area (Å²) in [4.78, 5) is 15.9. The second kappa shape index (κ2) is 4.85. The van der Waals surface area contributed by atoms with Gasteiger partial charge in [-0.2, -0.15) is 0 Å². The summed E-state index contributed by atoms with van der Waals surface area (Å²) in [6.07, 6.45) is 0.749. The lowest BCUT2D eigenvalue weighted by atomic mass is 10.1. The van der Waals surface area contributed by atoms with Crippen molar-refractivity contribution in [3.05, 3.63) is 33.1 Å². The first-order chi connectivity index (χ1) is 8.15. The number of ether oxygens (including phenoxy) is 1. The summed E-state index contributed by atoms with van der Waals surface area (Å²) >= 11 is 7.52. The number of carbonyl (C=O) groups is 1. The van der Waals surface area contributed by atoms with Gasteiger partial charge in [-0.1, -0.05) is 11.6 Å². The predicted octanol–water partition coefficient (Wildman–Crippen LogP) is 3.59. The number of rotatable bonds is 3. The number of benzene rings is 1. The van der Waals surface area contributed by atoms with E-state index in [4.69, 9.17) is 16.3 Å². The van der Waals surface area contributed by atoms with Crippen LogP contribution in [0.4, 0.5) is 0 Å². The van der Waals surface area contributed by atoms with Crippen molar-refractivity contribution in [1.82, 2.24) is 4.98 Å². The molecule has 0 atom stereocenters. The fraction of sp³-hybridized carbons (Fsp3) is 0.167. The highest BCUT2D eigenvalue weighted by Crippen LogP contribution is 2.34. The highest BCUT2D eigenvalue weighted by atomic mass is 35.5. The molecule has 1 aromatic carbocycles. The first-order valence-electron chi connectivity index (χ1n) is 4.92. The number of aromatic nitrogens is 1. The number of thiazole rings is 1. The second-order valence-corrected chi connectivity index (χ2v) is 5.06. The van der Waals surface area contributed by atoms with Gasteiger partial charge in [-0.25, -0.2) is 4.98 Å². The van der Waals surface area contributed by atoms with Crippen LogP contribution in [0, 0.1) is 6.92 Å². The molecular weight excluding hydrogens is 258 g/mol. The van der Waals surface area contributed by atoms with Gasteiger partial charge in [0.25, 0.3) is 0 Å². The van der Waals surface area contributed by atoms with E-state index >= 15 is 0 Å². The smallest absolute Gasteiger partial charge is 0.178 e. The summed E-state index contributed by atoms with van der Waals surface area (Å²) in [6, 6.07) is 5.40. The predicted molar refractivity (Wildman–Crippen MR) is 69.2 cm³/mol. The topological polar surface area (TPSA) is 39.2 Å². The van der Waals surface area contributed by atoms with E-state index in [1.54, 1.807) is 13.2 Å². The van der Waals surface area contributed by atoms with Crippen LogP contribution in [0.3, 0.4) is 0 Å². The van der Waals surface area contributed by atoms with E-state index in [0.717, 1.165) is 22.4 Å². The number of hydrogen-bond donors (Lipinski definition) is 0. The van der Waals surface area contributed by atoms with E-state index in [2.05, 4.69) is 4.98 Å². The van der Waals surface area contributed by atoms with Crippen LogP contribution in [0.15, 0.2) is 18.2 Å². The molecule has 2 rings (SSSR count). The van der Waals surface area contributed by atoms with Gasteiger partial charge in [0.1, 0.15) is 5.75 Å². The lowest BCUT2D eigenvalue weighted by Gasteiger charge is -2.05. The third-order valence-electron chi connectivity index (χ3n) is 2.35. The molecule has 88 valence electrons. The van der Waals surface area contributed by atoms with E-state index < -0.39 is 0 Å². The minimum Gasteiger partial charge on any atom is -0.497 e. The average Bonchev–Trinajstić information content (AvgIpc) is 2.70. The summed E-state index contributed by atoms with van der Waals surface area (Å²) in [5, 5.41) is 1.03. The fourth-order valence-electron chi connectivity index (χ4n) is 1.53. The largest absolute Gasteiger partial charge is 0.497 e. The molecule has 0 aliphatic rings. The Hall–Kier alpha value is -1.39. The van der Waals surface area contributed by atoms with Gasteiger partial charge in [-0.05, 0) is 25.1 Å². The molecule has 0 spiro atoms. The van der Waals surface area contributed by atoms with Gasteiger partial charge in [-0.3, -0.25) is 4.79 Å². The molecule has 0 saturated heterocycles. The van der Waals surface area contributed by atoms with Crippen molar-refractivity contribution in [1.29, 1.82) is 0 Å². The zero-order valence-corrected chi connectivity index (χ0v) is 10.9. The molecular formula is C12H10ClNO2S. The quantitative estimate of drug-likeness (QED) is 0.798. The lowest BCUT2D eigenvalue weighted by Crippen LogP contribution is -1.86. The first kappa shape index (κ1) is 12.1. The second-order valence-electron chi connectivity index (χ2n) is 3.42. The highest BCUT2D eigenvalue weighted by molar-refractivity contribution is 7.13. The average molecular weight is 268 g/mol. The monoisotopic (exact) mass is 267 g/mol. The maximum Gasteiger partial charge on any atom is 0.178 e. The summed E-state index contributed by atoms with van der Waals surface area (Å²) < 4.78 is 5.08. The summed E-state index contributed by atoms with van der Waals surface area (Å²) in [5.41, 5.74) is 1.57. The van der Waals surface area contributed by atoms with E-state index in [1.165, 1.54) is 11.3 Å². The number of hydrogen-bond acceptors (Lipinski definition) is 4. The Morgan fingerprint density at radius 1 is 1.47 bits per heavy atom. The van der Waals surface area contributed by atoms with E-state index in [-0.39, 0.29) is 0 Å². The summed E-state index contributed by atoms with van der Waals surface area (Å²) in [6.45, 7) is 1.92. The number of methoxy groups -OCH3 is 1. The van der Waals surface area contributed by atoms with E-state index in [0.29, 0.717) is 15.8 Å². The van der Waals surface area contributed by atoms with Crippen LogP contribution in [0.25, 0.3) is 11.3 Å². The molecule has 17 heavy (non-hydrogen) atoms. The molecule has 0 bridgehead atoms. The van der Waals surface area contributed by atoms with Gasteiger partial charge < -0.3 is 4.74 Å². The number of aldehydes is 1. The minimum atomic E-state index is 0.462. The molecule has 1 heterocycles. The normalized spacial score (nSPS) is 10.3.